The van der Waals surface area contributed by atoms with E-state index in [1.807, 2.05) is 48.5 Å². The van der Waals surface area contributed by atoms with E-state index < -0.39 is 0 Å². The Hall–Kier alpha value is -2.75. The van der Waals surface area contributed by atoms with Gasteiger partial charge in [-0.25, -0.2) is 0 Å². The Morgan fingerprint density at radius 2 is 1.75 bits per heavy atom. The number of methoxy groups -OCH3 is 1. The smallest absolute Gasteiger partial charge is 0.169 e. The number of hydrogen-bond donors (Lipinski definition) is 1. The lowest BCUT2D eigenvalue weighted by molar-refractivity contribution is 0.380. The van der Waals surface area contributed by atoms with Crippen molar-refractivity contribution in [1.29, 1.82) is 0 Å². The number of nitrogen functional groups attached to an aromatic ring is 1. The number of nitrogens with two attached hydrogens (primary N) is 1. The van der Waals surface area contributed by atoms with Gasteiger partial charge in [-0.15, -0.1) is 0 Å². The van der Waals surface area contributed by atoms with Gasteiger partial charge in [-0.1, -0.05) is 12.1 Å². The Bertz CT molecular complexity index is 756. The topological polar surface area (TPSA) is 57.4 Å². The largest absolute Gasteiger partial charge is 0.493 e. The van der Waals surface area contributed by atoms with Crippen molar-refractivity contribution >= 4 is 16.6 Å². The van der Waals surface area contributed by atoms with Crippen LogP contribution < -0.4 is 15.2 Å². The van der Waals surface area contributed by atoms with Crippen molar-refractivity contribution in [2.45, 2.75) is 0 Å². The third kappa shape index (κ3) is 2.23. The summed E-state index contributed by atoms with van der Waals surface area (Å²) in [5, 5.41) is 0.910. The second-order valence-corrected chi connectivity index (χ2v) is 4.34. The standard InChI is InChI=1S/C16H14N2O2/c1-19-15-4-2-3-5-16(15)20-14-8-9-18-13-10-11(17)6-7-12(13)14/h2-10H,17H2,1H3. The van der Waals surface area contributed by atoms with Gasteiger partial charge in [0, 0.05) is 17.3 Å². The molecule has 0 saturated carbocycles. The Kier molecular flexibility index (Phi) is 3.13. The molecule has 2 N–H and O–H groups in total. The molecule has 4 nitrogen and oxygen atoms in total. The number of rotatable bonds is 3. The van der Waals surface area contributed by atoms with Crippen LogP contribution in [-0.2, 0) is 0 Å². The zero-order valence-corrected chi connectivity index (χ0v) is 11.0. The van der Waals surface area contributed by atoms with Gasteiger partial charge in [-0.3, -0.25) is 4.98 Å². The van der Waals surface area contributed by atoms with Crippen molar-refractivity contribution in [3.63, 3.8) is 0 Å². The molecule has 0 atom stereocenters. The van der Waals surface area contributed by atoms with Crippen molar-refractivity contribution < 1.29 is 9.47 Å². The fourth-order valence-corrected chi connectivity index (χ4v) is 2.05. The van der Waals surface area contributed by atoms with Gasteiger partial charge in [0.1, 0.15) is 5.75 Å². The van der Waals surface area contributed by atoms with Gasteiger partial charge in [0.2, 0.25) is 0 Å². The fourth-order valence-electron chi connectivity index (χ4n) is 2.05. The summed E-state index contributed by atoms with van der Waals surface area (Å²) in [5.41, 5.74) is 7.25. The van der Waals surface area contributed by atoms with Crippen LogP contribution in [0.25, 0.3) is 10.9 Å². The number of ether oxygens (including phenoxy) is 2. The Morgan fingerprint density at radius 1 is 0.950 bits per heavy atom. The van der Waals surface area contributed by atoms with E-state index in [-0.39, 0.29) is 0 Å². The van der Waals surface area contributed by atoms with Gasteiger partial charge in [0.25, 0.3) is 0 Å². The number of fused-ring (bicyclic) bond motifs is 1. The maximum absolute atomic E-state index is 5.95. The molecule has 0 fully saturated rings. The van der Waals surface area contributed by atoms with E-state index in [9.17, 15) is 0 Å². The number of nitrogens with zero attached hydrogens (tertiary/aromatic N) is 1. The highest BCUT2D eigenvalue weighted by Gasteiger charge is 2.08. The number of benzene rings is 2. The summed E-state index contributed by atoms with van der Waals surface area (Å²) in [4.78, 5) is 4.30. The molecule has 0 saturated heterocycles. The molecule has 0 aliphatic rings. The van der Waals surface area contributed by atoms with Crippen LogP contribution in [0.3, 0.4) is 0 Å². The molecule has 2 aromatic carbocycles. The predicted molar refractivity (Wildman–Crippen MR) is 79.2 cm³/mol. The van der Waals surface area contributed by atoms with Crippen LogP contribution in [0.2, 0.25) is 0 Å². The summed E-state index contributed by atoms with van der Waals surface area (Å²) in [6.07, 6.45) is 1.70. The van der Waals surface area contributed by atoms with Crippen LogP contribution in [0.5, 0.6) is 17.2 Å². The molecule has 0 unspecified atom stereocenters. The van der Waals surface area contributed by atoms with Gasteiger partial charge in [-0.05, 0) is 36.4 Å². The van der Waals surface area contributed by atoms with Gasteiger partial charge >= 0.3 is 0 Å². The van der Waals surface area contributed by atoms with Gasteiger partial charge < -0.3 is 15.2 Å². The second-order valence-electron chi connectivity index (χ2n) is 4.34. The number of hydrogen-bond acceptors (Lipinski definition) is 4. The maximum atomic E-state index is 5.95. The maximum Gasteiger partial charge on any atom is 0.169 e. The van der Waals surface area contributed by atoms with Crippen molar-refractivity contribution in [3.8, 4) is 17.2 Å². The zero-order chi connectivity index (χ0) is 13.9. The third-order valence-corrected chi connectivity index (χ3v) is 3.02. The van der Waals surface area contributed by atoms with Crippen LogP contribution in [0, 0.1) is 0 Å². The molecule has 0 radical (unpaired) electrons. The Morgan fingerprint density at radius 3 is 2.55 bits per heavy atom. The molecule has 3 rings (SSSR count). The average molecular weight is 266 g/mol. The quantitative estimate of drug-likeness (QED) is 0.736. The molecule has 100 valence electrons. The SMILES string of the molecule is COc1ccccc1Oc1ccnc2cc(N)ccc12. The molecule has 0 aliphatic heterocycles. The first kappa shape index (κ1) is 12.3. The van der Waals surface area contributed by atoms with E-state index in [0.29, 0.717) is 17.2 Å². The molecule has 4 heteroatoms. The Balaban J connectivity index is 2.07. The van der Waals surface area contributed by atoms with E-state index in [2.05, 4.69) is 4.98 Å². The summed E-state index contributed by atoms with van der Waals surface area (Å²) in [7, 11) is 1.62. The summed E-state index contributed by atoms with van der Waals surface area (Å²) in [6, 6.07) is 14.9. The van der Waals surface area contributed by atoms with E-state index in [0.717, 1.165) is 16.7 Å². The molecule has 20 heavy (non-hydrogen) atoms. The zero-order valence-electron chi connectivity index (χ0n) is 11.0. The molecule has 1 heterocycles. The minimum atomic E-state index is 0.666. The summed E-state index contributed by atoms with van der Waals surface area (Å²) >= 11 is 0. The van der Waals surface area contributed by atoms with Crippen LogP contribution in [0.4, 0.5) is 5.69 Å². The minimum absolute atomic E-state index is 0.666. The highest BCUT2D eigenvalue weighted by atomic mass is 16.5. The van der Waals surface area contributed by atoms with Crippen LogP contribution in [0.1, 0.15) is 0 Å². The number of para-hydroxylation sites is 2. The highest BCUT2D eigenvalue weighted by Crippen LogP contribution is 2.34. The first-order chi connectivity index (χ1) is 9.78. The lowest BCUT2D eigenvalue weighted by Crippen LogP contribution is -1.92. The third-order valence-electron chi connectivity index (χ3n) is 3.02. The van der Waals surface area contributed by atoms with Crippen molar-refractivity contribution in [1.82, 2.24) is 4.98 Å². The molecular weight excluding hydrogens is 252 g/mol. The van der Waals surface area contributed by atoms with Crippen LogP contribution >= 0.6 is 0 Å². The van der Waals surface area contributed by atoms with E-state index in [1.54, 1.807) is 13.3 Å². The minimum Gasteiger partial charge on any atom is -0.493 e. The van der Waals surface area contributed by atoms with E-state index >= 15 is 0 Å². The molecule has 1 aromatic heterocycles. The molecule has 0 bridgehead atoms. The lowest BCUT2D eigenvalue weighted by atomic mass is 10.2. The summed E-state index contributed by atoms with van der Waals surface area (Å²) in [5.74, 6) is 2.08. The number of pyridine rings is 1. The molecule has 0 amide bonds. The Labute approximate surface area is 116 Å². The van der Waals surface area contributed by atoms with Crippen molar-refractivity contribution in [2.75, 3.05) is 12.8 Å². The van der Waals surface area contributed by atoms with Crippen LogP contribution in [-0.4, -0.2) is 12.1 Å². The normalized spacial score (nSPS) is 10.4. The van der Waals surface area contributed by atoms with E-state index in [1.165, 1.54) is 0 Å². The van der Waals surface area contributed by atoms with Crippen molar-refractivity contribution in [3.05, 3.63) is 54.7 Å². The average Bonchev–Trinajstić information content (AvgIpc) is 2.47. The first-order valence-corrected chi connectivity index (χ1v) is 6.23. The lowest BCUT2D eigenvalue weighted by Gasteiger charge is -2.11. The first-order valence-electron chi connectivity index (χ1n) is 6.23. The number of aromatic nitrogens is 1. The molecule has 0 aliphatic carbocycles. The molecule has 0 spiro atoms. The monoisotopic (exact) mass is 266 g/mol. The van der Waals surface area contributed by atoms with Crippen molar-refractivity contribution in [2.24, 2.45) is 0 Å². The van der Waals surface area contributed by atoms with Gasteiger partial charge in [0.05, 0.1) is 12.6 Å². The van der Waals surface area contributed by atoms with Gasteiger partial charge in [0.15, 0.2) is 11.5 Å². The van der Waals surface area contributed by atoms with E-state index in [4.69, 9.17) is 15.2 Å². The fraction of sp³-hybridized carbons (Fsp3) is 0.0625. The number of anilines is 1. The summed E-state index contributed by atoms with van der Waals surface area (Å²) in [6.45, 7) is 0. The predicted octanol–water partition coefficient (Wildman–Crippen LogP) is 3.62. The molecular formula is C16H14N2O2. The van der Waals surface area contributed by atoms with Gasteiger partial charge in [-0.2, -0.15) is 0 Å². The molecule has 3 aromatic rings. The second kappa shape index (κ2) is 5.09. The highest BCUT2D eigenvalue weighted by molar-refractivity contribution is 5.87. The summed E-state index contributed by atoms with van der Waals surface area (Å²) < 4.78 is 11.2. The van der Waals surface area contributed by atoms with Crippen LogP contribution in [0.15, 0.2) is 54.7 Å².